The van der Waals surface area contributed by atoms with Crippen LogP contribution in [0.15, 0.2) is 30.3 Å². The molecule has 1 heterocycles. The Morgan fingerprint density at radius 2 is 1.91 bits per heavy atom. The Hall–Kier alpha value is -2.26. The van der Waals surface area contributed by atoms with E-state index in [9.17, 15) is 4.79 Å². The Morgan fingerprint density at radius 3 is 2.68 bits per heavy atom. The molecule has 0 aromatic heterocycles. The zero-order valence-electron chi connectivity index (χ0n) is 12.6. The standard InChI is InChI=1S/C16H21N3O3/c17-14-18-9-5-2-6-10-19(18)16(20)22-12-11-21-13-15-7-3-1-4-8-15/h1,3-4,7-8H,2,5-6,9-13H2. The number of carbonyl (C=O) groups is 1. The van der Waals surface area contributed by atoms with Crippen molar-refractivity contribution in [3.05, 3.63) is 35.9 Å². The van der Waals surface area contributed by atoms with Crippen LogP contribution in [0.1, 0.15) is 24.8 Å². The molecule has 0 aliphatic carbocycles. The number of hydrogen-bond acceptors (Lipinski definition) is 5. The van der Waals surface area contributed by atoms with Crippen LogP contribution < -0.4 is 0 Å². The number of ether oxygens (including phenoxy) is 2. The highest BCUT2D eigenvalue weighted by molar-refractivity contribution is 5.67. The van der Waals surface area contributed by atoms with E-state index in [0.717, 1.165) is 24.8 Å². The number of rotatable bonds is 5. The van der Waals surface area contributed by atoms with E-state index in [1.807, 2.05) is 36.5 Å². The fourth-order valence-electron chi connectivity index (χ4n) is 2.26. The van der Waals surface area contributed by atoms with E-state index in [0.29, 0.717) is 26.3 Å². The number of amides is 1. The molecule has 118 valence electrons. The van der Waals surface area contributed by atoms with Gasteiger partial charge in [0.05, 0.1) is 19.8 Å². The summed E-state index contributed by atoms with van der Waals surface area (Å²) in [6, 6.07) is 9.82. The summed E-state index contributed by atoms with van der Waals surface area (Å²) in [5, 5.41) is 11.8. The molecule has 1 aliphatic rings. The van der Waals surface area contributed by atoms with Crippen LogP contribution in [0, 0.1) is 11.5 Å². The lowest BCUT2D eigenvalue weighted by molar-refractivity contribution is 0.00415. The first-order chi connectivity index (χ1) is 10.8. The molecule has 0 radical (unpaired) electrons. The van der Waals surface area contributed by atoms with Gasteiger partial charge in [0.25, 0.3) is 0 Å². The van der Waals surface area contributed by atoms with Crippen molar-refractivity contribution in [1.29, 1.82) is 5.26 Å². The fourth-order valence-corrected chi connectivity index (χ4v) is 2.26. The Kier molecular flexibility index (Phi) is 6.52. The second-order valence-corrected chi connectivity index (χ2v) is 5.06. The second kappa shape index (κ2) is 8.90. The van der Waals surface area contributed by atoms with Crippen LogP contribution in [0.3, 0.4) is 0 Å². The first-order valence-electron chi connectivity index (χ1n) is 7.54. The van der Waals surface area contributed by atoms with Crippen molar-refractivity contribution in [3.63, 3.8) is 0 Å². The Balaban J connectivity index is 1.67. The molecule has 2 rings (SSSR count). The largest absolute Gasteiger partial charge is 0.446 e. The molecule has 1 aliphatic heterocycles. The summed E-state index contributed by atoms with van der Waals surface area (Å²) in [6.07, 6.45) is 4.36. The minimum atomic E-state index is -0.480. The van der Waals surface area contributed by atoms with Gasteiger partial charge < -0.3 is 9.47 Å². The van der Waals surface area contributed by atoms with Crippen LogP contribution in [-0.4, -0.2) is 42.4 Å². The van der Waals surface area contributed by atoms with Crippen LogP contribution >= 0.6 is 0 Å². The molecule has 1 aromatic carbocycles. The van der Waals surface area contributed by atoms with Gasteiger partial charge in [-0.3, -0.25) is 0 Å². The monoisotopic (exact) mass is 303 g/mol. The second-order valence-electron chi connectivity index (χ2n) is 5.06. The summed E-state index contributed by atoms with van der Waals surface area (Å²) >= 11 is 0. The molecule has 0 N–H and O–H groups in total. The first-order valence-corrected chi connectivity index (χ1v) is 7.54. The summed E-state index contributed by atoms with van der Waals surface area (Å²) in [4.78, 5) is 12.0. The van der Waals surface area contributed by atoms with Crippen LogP contribution in [-0.2, 0) is 16.1 Å². The average Bonchev–Trinajstić information content (AvgIpc) is 2.80. The number of hydrogen-bond donors (Lipinski definition) is 0. The van der Waals surface area contributed by atoms with Gasteiger partial charge in [-0.2, -0.15) is 5.26 Å². The Bertz CT molecular complexity index is 501. The minimum Gasteiger partial charge on any atom is -0.446 e. The summed E-state index contributed by atoms with van der Waals surface area (Å²) in [5.74, 6) is 0. The molecule has 1 aromatic rings. The maximum atomic E-state index is 12.0. The maximum absolute atomic E-state index is 12.0. The van der Waals surface area contributed by atoms with Crippen LogP contribution in [0.4, 0.5) is 4.79 Å². The summed E-state index contributed by atoms with van der Waals surface area (Å²) in [5.41, 5.74) is 1.08. The molecule has 1 fully saturated rings. The molecule has 0 atom stereocenters. The minimum absolute atomic E-state index is 0.182. The molecule has 6 heteroatoms. The van der Waals surface area contributed by atoms with E-state index < -0.39 is 6.09 Å². The van der Waals surface area contributed by atoms with Gasteiger partial charge in [-0.1, -0.05) is 30.3 Å². The van der Waals surface area contributed by atoms with Crippen molar-refractivity contribution in [2.24, 2.45) is 0 Å². The normalized spacial score (nSPS) is 15.0. The van der Waals surface area contributed by atoms with E-state index in [4.69, 9.17) is 14.7 Å². The predicted octanol–water partition coefficient (Wildman–Crippen LogP) is 2.52. The molecule has 0 spiro atoms. The number of benzene rings is 1. The fraction of sp³-hybridized carbons (Fsp3) is 0.500. The van der Waals surface area contributed by atoms with Crippen molar-refractivity contribution in [2.45, 2.75) is 25.9 Å². The van der Waals surface area contributed by atoms with E-state index in [1.165, 1.54) is 10.0 Å². The summed E-state index contributed by atoms with van der Waals surface area (Å²) in [6.45, 7) is 2.10. The van der Waals surface area contributed by atoms with Gasteiger partial charge in [-0.25, -0.2) is 14.8 Å². The Labute approximate surface area is 130 Å². The molecule has 1 amide bonds. The quantitative estimate of drug-likeness (QED) is 0.617. The molecule has 1 saturated heterocycles. The van der Waals surface area contributed by atoms with Crippen molar-refractivity contribution in [2.75, 3.05) is 26.3 Å². The zero-order valence-corrected chi connectivity index (χ0v) is 12.6. The molecule has 0 unspecified atom stereocenters. The van der Waals surface area contributed by atoms with E-state index >= 15 is 0 Å². The van der Waals surface area contributed by atoms with Crippen molar-refractivity contribution in [3.8, 4) is 6.19 Å². The average molecular weight is 303 g/mol. The van der Waals surface area contributed by atoms with Crippen molar-refractivity contribution in [1.82, 2.24) is 10.0 Å². The third-order valence-corrected chi connectivity index (χ3v) is 3.42. The van der Waals surface area contributed by atoms with Crippen molar-refractivity contribution >= 4 is 6.09 Å². The van der Waals surface area contributed by atoms with E-state index in [1.54, 1.807) is 0 Å². The highest BCUT2D eigenvalue weighted by Gasteiger charge is 2.23. The topological polar surface area (TPSA) is 65.8 Å². The third kappa shape index (κ3) is 4.93. The molecular formula is C16H21N3O3. The smallest absolute Gasteiger partial charge is 0.429 e. The predicted molar refractivity (Wildman–Crippen MR) is 80.3 cm³/mol. The number of nitriles is 1. The highest BCUT2D eigenvalue weighted by atomic mass is 16.6. The van der Waals surface area contributed by atoms with Crippen LogP contribution in [0.5, 0.6) is 0 Å². The van der Waals surface area contributed by atoms with Gasteiger partial charge >= 0.3 is 6.09 Å². The zero-order chi connectivity index (χ0) is 15.6. The Morgan fingerprint density at radius 1 is 1.14 bits per heavy atom. The highest BCUT2D eigenvalue weighted by Crippen LogP contribution is 2.11. The van der Waals surface area contributed by atoms with Gasteiger partial charge in [0, 0.05) is 6.54 Å². The first kappa shape index (κ1) is 16.1. The van der Waals surface area contributed by atoms with Gasteiger partial charge in [0.15, 0.2) is 6.19 Å². The molecule has 0 saturated carbocycles. The van der Waals surface area contributed by atoms with Crippen LogP contribution in [0.25, 0.3) is 0 Å². The van der Waals surface area contributed by atoms with E-state index in [2.05, 4.69) is 0 Å². The summed E-state index contributed by atoms with van der Waals surface area (Å²) in [7, 11) is 0. The molecular weight excluding hydrogens is 282 g/mol. The lowest BCUT2D eigenvalue weighted by Crippen LogP contribution is -2.44. The lowest BCUT2D eigenvalue weighted by Gasteiger charge is -2.27. The number of nitrogens with zero attached hydrogens (tertiary/aromatic N) is 3. The SMILES string of the molecule is N#CN1CCCCCN1C(=O)OCCOCc1ccccc1. The van der Waals surface area contributed by atoms with E-state index in [-0.39, 0.29) is 6.61 Å². The van der Waals surface area contributed by atoms with Gasteiger partial charge in [-0.15, -0.1) is 0 Å². The maximum Gasteiger partial charge on any atom is 0.429 e. The molecule has 0 bridgehead atoms. The van der Waals surface area contributed by atoms with Gasteiger partial charge in [0.2, 0.25) is 0 Å². The number of carbonyl (C=O) groups excluding carboxylic acids is 1. The van der Waals surface area contributed by atoms with Gasteiger partial charge in [0.1, 0.15) is 6.61 Å². The van der Waals surface area contributed by atoms with Crippen LogP contribution in [0.2, 0.25) is 0 Å². The third-order valence-electron chi connectivity index (χ3n) is 3.42. The van der Waals surface area contributed by atoms with Gasteiger partial charge in [-0.05, 0) is 24.8 Å². The number of hydrazine groups is 1. The molecule has 6 nitrogen and oxygen atoms in total. The summed E-state index contributed by atoms with van der Waals surface area (Å²) < 4.78 is 10.6. The van der Waals surface area contributed by atoms with Crippen molar-refractivity contribution < 1.29 is 14.3 Å². The lowest BCUT2D eigenvalue weighted by atomic mass is 10.2. The molecule has 22 heavy (non-hydrogen) atoms.